The highest BCUT2D eigenvalue weighted by atomic mass is 15.2. The Morgan fingerprint density at radius 1 is 1.37 bits per heavy atom. The molecule has 1 saturated heterocycles. The molecule has 0 saturated carbocycles. The zero-order valence-corrected chi connectivity index (χ0v) is 11.8. The Bertz CT molecular complexity index is 525. The molecule has 0 spiro atoms. The van der Waals surface area contributed by atoms with E-state index < -0.39 is 0 Å². The molecule has 1 fully saturated rings. The van der Waals surface area contributed by atoms with Crippen molar-refractivity contribution < 1.29 is 0 Å². The summed E-state index contributed by atoms with van der Waals surface area (Å²) < 4.78 is 2.09. The van der Waals surface area contributed by atoms with Gasteiger partial charge in [0.05, 0.1) is 5.69 Å². The SMILES string of the molecule is CC1(C)CN(Cc2cn3ccccc3n2)CCCN1. The summed E-state index contributed by atoms with van der Waals surface area (Å²) in [5.41, 5.74) is 2.38. The van der Waals surface area contributed by atoms with Gasteiger partial charge in [0.25, 0.3) is 0 Å². The van der Waals surface area contributed by atoms with E-state index in [2.05, 4.69) is 51.9 Å². The van der Waals surface area contributed by atoms with Gasteiger partial charge in [0.15, 0.2) is 0 Å². The minimum atomic E-state index is 0.190. The first-order chi connectivity index (χ1) is 9.12. The lowest BCUT2D eigenvalue weighted by atomic mass is 10.1. The van der Waals surface area contributed by atoms with Crippen LogP contribution in [-0.4, -0.2) is 39.5 Å². The second-order valence-electron chi connectivity index (χ2n) is 6.07. The molecule has 102 valence electrons. The van der Waals surface area contributed by atoms with Gasteiger partial charge >= 0.3 is 0 Å². The molecule has 0 aliphatic carbocycles. The van der Waals surface area contributed by atoms with Crippen molar-refractivity contribution in [3.8, 4) is 0 Å². The Morgan fingerprint density at radius 2 is 2.26 bits per heavy atom. The van der Waals surface area contributed by atoms with Gasteiger partial charge in [0.1, 0.15) is 5.65 Å². The fraction of sp³-hybridized carbons (Fsp3) is 0.533. The van der Waals surface area contributed by atoms with Crippen LogP contribution in [0.4, 0.5) is 0 Å². The lowest BCUT2D eigenvalue weighted by Crippen LogP contribution is -2.46. The molecule has 1 aliphatic rings. The van der Waals surface area contributed by atoms with Crippen LogP contribution >= 0.6 is 0 Å². The van der Waals surface area contributed by atoms with Crippen LogP contribution in [-0.2, 0) is 6.54 Å². The van der Waals surface area contributed by atoms with E-state index in [0.717, 1.165) is 37.5 Å². The molecule has 0 unspecified atom stereocenters. The van der Waals surface area contributed by atoms with E-state index in [-0.39, 0.29) is 5.54 Å². The first-order valence-corrected chi connectivity index (χ1v) is 7.02. The van der Waals surface area contributed by atoms with Gasteiger partial charge in [-0.2, -0.15) is 0 Å². The minimum Gasteiger partial charge on any atom is -0.310 e. The second kappa shape index (κ2) is 4.94. The van der Waals surface area contributed by atoms with Gasteiger partial charge in [-0.15, -0.1) is 0 Å². The molecule has 2 aromatic rings. The standard InChI is InChI=1S/C15H22N4/c1-15(2)12-18(8-5-7-16-15)10-13-11-19-9-4-3-6-14(19)17-13/h3-4,6,9,11,16H,5,7-8,10,12H2,1-2H3. The number of nitrogens with zero attached hydrogens (tertiary/aromatic N) is 3. The van der Waals surface area contributed by atoms with E-state index in [0.29, 0.717) is 0 Å². The van der Waals surface area contributed by atoms with Crippen LogP contribution in [0, 0.1) is 0 Å². The maximum Gasteiger partial charge on any atom is 0.137 e. The zero-order chi connectivity index (χ0) is 13.3. The zero-order valence-electron chi connectivity index (χ0n) is 11.8. The molecule has 0 bridgehead atoms. The predicted molar refractivity (Wildman–Crippen MR) is 77.2 cm³/mol. The quantitative estimate of drug-likeness (QED) is 0.893. The van der Waals surface area contributed by atoms with Crippen molar-refractivity contribution in [2.24, 2.45) is 0 Å². The fourth-order valence-corrected chi connectivity index (χ4v) is 2.85. The van der Waals surface area contributed by atoms with Gasteiger partial charge in [-0.1, -0.05) is 6.07 Å². The third kappa shape index (κ3) is 2.96. The Balaban J connectivity index is 1.76. The van der Waals surface area contributed by atoms with Crippen molar-refractivity contribution in [3.63, 3.8) is 0 Å². The summed E-state index contributed by atoms with van der Waals surface area (Å²) >= 11 is 0. The third-order valence-corrected chi connectivity index (χ3v) is 3.67. The van der Waals surface area contributed by atoms with Crippen molar-refractivity contribution in [2.75, 3.05) is 19.6 Å². The summed E-state index contributed by atoms with van der Waals surface area (Å²) in [5.74, 6) is 0. The Hall–Kier alpha value is -1.39. The molecule has 0 atom stereocenters. The van der Waals surface area contributed by atoms with Crippen molar-refractivity contribution in [3.05, 3.63) is 36.3 Å². The topological polar surface area (TPSA) is 32.6 Å². The molecule has 2 aromatic heterocycles. The number of pyridine rings is 1. The maximum absolute atomic E-state index is 4.69. The van der Waals surface area contributed by atoms with E-state index in [1.807, 2.05) is 12.1 Å². The number of nitrogens with one attached hydrogen (secondary N) is 1. The van der Waals surface area contributed by atoms with E-state index in [9.17, 15) is 0 Å². The summed E-state index contributed by atoms with van der Waals surface area (Å²) in [6.07, 6.45) is 5.40. The van der Waals surface area contributed by atoms with Crippen molar-refractivity contribution in [1.29, 1.82) is 0 Å². The molecule has 19 heavy (non-hydrogen) atoms. The minimum absolute atomic E-state index is 0.190. The van der Waals surface area contributed by atoms with Gasteiger partial charge < -0.3 is 9.72 Å². The average molecular weight is 258 g/mol. The molecule has 4 heteroatoms. The summed E-state index contributed by atoms with van der Waals surface area (Å²) in [6, 6.07) is 6.12. The average Bonchev–Trinajstić information content (AvgIpc) is 2.67. The fourth-order valence-electron chi connectivity index (χ4n) is 2.85. The molecule has 0 amide bonds. The molecule has 1 aliphatic heterocycles. The van der Waals surface area contributed by atoms with Crippen LogP contribution in [0.3, 0.4) is 0 Å². The summed E-state index contributed by atoms with van der Waals surface area (Å²) in [5, 5.41) is 3.60. The molecular weight excluding hydrogens is 236 g/mol. The van der Waals surface area contributed by atoms with Gasteiger partial charge in [-0.3, -0.25) is 4.90 Å². The van der Waals surface area contributed by atoms with Crippen LogP contribution in [0.1, 0.15) is 26.0 Å². The van der Waals surface area contributed by atoms with Crippen molar-refractivity contribution in [2.45, 2.75) is 32.4 Å². The number of rotatable bonds is 2. The highest BCUT2D eigenvalue weighted by molar-refractivity contribution is 5.39. The van der Waals surface area contributed by atoms with Crippen LogP contribution < -0.4 is 5.32 Å². The first kappa shape index (κ1) is 12.6. The number of hydrogen-bond acceptors (Lipinski definition) is 3. The van der Waals surface area contributed by atoms with Gasteiger partial charge in [0, 0.05) is 31.0 Å². The van der Waals surface area contributed by atoms with E-state index in [1.165, 1.54) is 6.42 Å². The Kier molecular flexibility index (Phi) is 3.29. The highest BCUT2D eigenvalue weighted by Crippen LogP contribution is 2.14. The molecule has 3 heterocycles. The van der Waals surface area contributed by atoms with Gasteiger partial charge in [0.2, 0.25) is 0 Å². The van der Waals surface area contributed by atoms with Crippen molar-refractivity contribution in [1.82, 2.24) is 19.6 Å². The normalized spacial score (nSPS) is 20.5. The summed E-state index contributed by atoms with van der Waals surface area (Å²) in [6.45, 7) is 8.80. The van der Waals surface area contributed by atoms with Crippen molar-refractivity contribution >= 4 is 5.65 Å². The second-order valence-corrected chi connectivity index (χ2v) is 6.07. The Labute approximate surface area is 114 Å². The highest BCUT2D eigenvalue weighted by Gasteiger charge is 2.24. The van der Waals surface area contributed by atoms with Crippen LogP contribution in [0.15, 0.2) is 30.6 Å². The molecule has 4 nitrogen and oxygen atoms in total. The largest absolute Gasteiger partial charge is 0.310 e. The summed E-state index contributed by atoms with van der Waals surface area (Å²) in [7, 11) is 0. The molecule has 3 rings (SSSR count). The number of hydrogen-bond donors (Lipinski definition) is 1. The molecule has 0 aromatic carbocycles. The third-order valence-electron chi connectivity index (χ3n) is 3.67. The molecular formula is C15H22N4. The Morgan fingerprint density at radius 3 is 3.11 bits per heavy atom. The monoisotopic (exact) mass is 258 g/mol. The van der Waals surface area contributed by atoms with Gasteiger partial charge in [-0.05, 0) is 45.5 Å². The van der Waals surface area contributed by atoms with E-state index in [4.69, 9.17) is 0 Å². The predicted octanol–water partition coefficient (Wildman–Crippen LogP) is 1.91. The first-order valence-electron chi connectivity index (χ1n) is 7.02. The number of fused-ring (bicyclic) bond motifs is 1. The van der Waals surface area contributed by atoms with Crippen LogP contribution in [0.25, 0.3) is 5.65 Å². The summed E-state index contributed by atoms with van der Waals surface area (Å²) in [4.78, 5) is 7.19. The lowest BCUT2D eigenvalue weighted by Gasteiger charge is -2.29. The van der Waals surface area contributed by atoms with Crippen LogP contribution in [0.2, 0.25) is 0 Å². The smallest absolute Gasteiger partial charge is 0.137 e. The lowest BCUT2D eigenvalue weighted by molar-refractivity contribution is 0.222. The number of imidazole rings is 1. The van der Waals surface area contributed by atoms with Gasteiger partial charge in [-0.25, -0.2) is 4.98 Å². The van der Waals surface area contributed by atoms with E-state index >= 15 is 0 Å². The molecule has 0 radical (unpaired) electrons. The number of aromatic nitrogens is 2. The van der Waals surface area contributed by atoms with Crippen LogP contribution in [0.5, 0.6) is 0 Å². The maximum atomic E-state index is 4.69. The molecule has 1 N–H and O–H groups in total. The van der Waals surface area contributed by atoms with E-state index in [1.54, 1.807) is 0 Å².